The van der Waals surface area contributed by atoms with E-state index in [-0.39, 0.29) is 16.4 Å². The Morgan fingerprint density at radius 1 is 1.06 bits per heavy atom. The maximum absolute atomic E-state index is 12.6. The lowest BCUT2D eigenvalue weighted by atomic mass is 10.2. The fourth-order valence-corrected chi connectivity index (χ4v) is 4.84. The molecule has 174 valence electrons. The number of thiazole rings is 1. The van der Waals surface area contributed by atoms with Gasteiger partial charge in [-0.1, -0.05) is 39.7 Å². The Morgan fingerprint density at radius 3 is 2.50 bits per heavy atom. The van der Waals surface area contributed by atoms with Crippen LogP contribution in [0.4, 0.5) is 5.13 Å². The van der Waals surface area contributed by atoms with Crippen molar-refractivity contribution >= 4 is 60.3 Å². The summed E-state index contributed by atoms with van der Waals surface area (Å²) in [6, 6.07) is 18.4. The van der Waals surface area contributed by atoms with Gasteiger partial charge in [0.2, 0.25) is 5.13 Å². The summed E-state index contributed by atoms with van der Waals surface area (Å²) in [6.07, 6.45) is 1.57. The number of rotatable bonds is 8. The average Bonchev–Trinajstić information content (AvgIpc) is 3.29. The molecule has 0 aliphatic rings. The number of hydrazone groups is 1. The Hall–Kier alpha value is -2.92. The molecule has 0 bridgehead atoms. The van der Waals surface area contributed by atoms with Crippen molar-refractivity contribution in [1.29, 1.82) is 0 Å². The normalized spacial score (nSPS) is 11.5. The van der Waals surface area contributed by atoms with Crippen LogP contribution in [-0.2, 0) is 10.1 Å². The first-order chi connectivity index (χ1) is 16.3. The SMILES string of the molecule is COc1cc(/C=N\Nc2nc(-c3ccc(Br)cc3)cs2)ccc1OS(=O)(=O)c1ccc(Cl)cc1. The molecule has 0 fully saturated rings. The lowest BCUT2D eigenvalue weighted by molar-refractivity contribution is 0.390. The molecule has 11 heteroatoms. The zero-order valence-electron chi connectivity index (χ0n) is 17.6. The molecular weight excluding hydrogens is 562 g/mol. The zero-order chi connectivity index (χ0) is 24.1. The van der Waals surface area contributed by atoms with E-state index in [2.05, 4.69) is 31.4 Å². The van der Waals surface area contributed by atoms with Crippen molar-refractivity contribution in [3.63, 3.8) is 0 Å². The largest absolute Gasteiger partial charge is 0.493 e. The van der Waals surface area contributed by atoms with Crippen LogP contribution in [0.1, 0.15) is 5.56 Å². The van der Waals surface area contributed by atoms with Crippen molar-refractivity contribution in [1.82, 2.24) is 4.98 Å². The van der Waals surface area contributed by atoms with Crippen molar-refractivity contribution in [2.24, 2.45) is 5.10 Å². The van der Waals surface area contributed by atoms with E-state index >= 15 is 0 Å². The second-order valence-electron chi connectivity index (χ2n) is 6.82. The Kier molecular flexibility index (Phi) is 7.52. The van der Waals surface area contributed by atoms with E-state index < -0.39 is 10.1 Å². The molecule has 1 heterocycles. The molecule has 34 heavy (non-hydrogen) atoms. The third kappa shape index (κ3) is 5.95. The Morgan fingerprint density at radius 2 is 1.79 bits per heavy atom. The topological polar surface area (TPSA) is 89.9 Å². The van der Waals surface area contributed by atoms with Gasteiger partial charge in [-0.2, -0.15) is 13.5 Å². The molecule has 7 nitrogen and oxygen atoms in total. The minimum Gasteiger partial charge on any atom is -0.493 e. The number of benzene rings is 3. The summed E-state index contributed by atoms with van der Waals surface area (Å²) in [4.78, 5) is 4.51. The standard InChI is InChI=1S/C23H17BrClN3O4S2/c1-31-22-12-15(2-11-21(22)32-34(29,30)19-9-7-18(25)8-10-19)13-26-28-23-27-20(14-33-23)16-3-5-17(24)6-4-16/h2-14H,1H3,(H,27,28)/b26-13-. The summed E-state index contributed by atoms with van der Waals surface area (Å²) in [5, 5.41) is 7.21. The maximum Gasteiger partial charge on any atom is 0.339 e. The quantitative estimate of drug-likeness (QED) is 0.147. The molecule has 0 radical (unpaired) electrons. The summed E-state index contributed by atoms with van der Waals surface area (Å²) in [6.45, 7) is 0. The first-order valence-electron chi connectivity index (χ1n) is 9.73. The van der Waals surface area contributed by atoms with Crippen LogP contribution in [0.25, 0.3) is 11.3 Å². The number of methoxy groups -OCH3 is 1. The summed E-state index contributed by atoms with van der Waals surface area (Å²) in [5.74, 6) is 0.301. The van der Waals surface area contributed by atoms with E-state index in [1.54, 1.807) is 18.3 Å². The summed E-state index contributed by atoms with van der Waals surface area (Å²) < 4.78 is 36.7. The number of hydrogen-bond donors (Lipinski definition) is 1. The highest BCUT2D eigenvalue weighted by Gasteiger charge is 2.19. The van der Waals surface area contributed by atoms with Gasteiger partial charge in [0.15, 0.2) is 11.5 Å². The van der Waals surface area contributed by atoms with Crippen LogP contribution in [0.15, 0.2) is 86.6 Å². The monoisotopic (exact) mass is 577 g/mol. The van der Waals surface area contributed by atoms with E-state index in [9.17, 15) is 8.42 Å². The smallest absolute Gasteiger partial charge is 0.339 e. The molecule has 4 aromatic rings. The number of ether oxygens (including phenoxy) is 1. The van der Waals surface area contributed by atoms with Crippen molar-refractivity contribution < 1.29 is 17.3 Å². The van der Waals surface area contributed by atoms with Gasteiger partial charge in [-0.25, -0.2) is 4.98 Å². The number of halogens is 2. The van der Waals surface area contributed by atoms with Gasteiger partial charge in [-0.05, 0) is 60.2 Å². The fourth-order valence-electron chi connectivity index (χ4n) is 2.84. The van der Waals surface area contributed by atoms with Gasteiger partial charge in [0.05, 0.1) is 19.0 Å². The van der Waals surface area contributed by atoms with Crippen LogP contribution in [-0.4, -0.2) is 26.7 Å². The minimum absolute atomic E-state index is 0.0141. The molecule has 0 saturated heterocycles. The molecule has 0 atom stereocenters. The second-order valence-corrected chi connectivity index (χ2v) is 10.6. The molecule has 0 spiro atoms. The highest BCUT2D eigenvalue weighted by molar-refractivity contribution is 9.10. The number of anilines is 1. The molecule has 0 saturated carbocycles. The van der Waals surface area contributed by atoms with Crippen molar-refractivity contribution in [2.45, 2.75) is 4.90 Å². The molecule has 0 aliphatic carbocycles. The van der Waals surface area contributed by atoms with Crippen LogP contribution in [0.5, 0.6) is 11.5 Å². The summed E-state index contributed by atoms with van der Waals surface area (Å²) in [5.41, 5.74) is 5.42. The fraction of sp³-hybridized carbons (Fsp3) is 0.0435. The van der Waals surface area contributed by atoms with Gasteiger partial charge < -0.3 is 8.92 Å². The molecule has 1 N–H and O–H groups in total. The van der Waals surface area contributed by atoms with Crippen molar-refractivity contribution in [3.8, 4) is 22.8 Å². The minimum atomic E-state index is -4.05. The summed E-state index contributed by atoms with van der Waals surface area (Å²) in [7, 11) is -2.62. The van der Waals surface area contributed by atoms with E-state index in [0.717, 1.165) is 15.7 Å². The third-order valence-corrected chi connectivity index (χ3v) is 7.28. The first-order valence-corrected chi connectivity index (χ1v) is 13.2. The Labute approximate surface area is 214 Å². The van der Waals surface area contributed by atoms with Gasteiger partial charge in [-0.3, -0.25) is 5.43 Å². The molecule has 0 unspecified atom stereocenters. The zero-order valence-corrected chi connectivity index (χ0v) is 21.6. The predicted octanol–water partition coefficient (Wildman–Crippen LogP) is 6.45. The maximum atomic E-state index is 12.6. The van der Waals surface area contributed by atoms with E-state index in [1.165, 1.54) is 48.8 Å². The highest BCUT2D eigenvalue weighted by atomic mass is 79.9. The lowest BCUT2D eigenvalue weighted by Gasteiger charge is -2.11. The molecule has 1 aromatic heterocycles. The molecule has 0 amide bonds. The van der Waals surface area contributed by atoms with Gasteiger partial charge in [0.1, 0.15) is 4.90 Å². The number of hydrogen-bond acceptors (Lipinski definition) is 8. The van der Waals surface area contributed by atoms with Crippen LogP contribution in [0.2, 0.25) is 5.02 Å². The Balaban J connectivity index is 1.44. The van der Waals surface area contributed by atoms with Gasteiger partial charge in [-0.15, -0.1) is 11.3 Å². The van der Waals surface area contributed by atoms with Crippen molar-refractivity contribution in [2.75, 3.05) is 12.5 Å². The molecular formula is C23H17BrClN3O4S2. The molecule has 3 aromatic carbocycles. The van der Waals surface area contributed by atoms with Crippen molar-refractivity contribution in [3.05, 3.63) is 87.2 Å². The van der Waals surface area contributed by atoms with Crippen LogP contribution in [0, 0.1) is 0 Å². The van der Waals surface area contributed by atoms with Crippen LogP contribution >= 0.6 is 38.9 Å². The van der Waals surface area contributed by atoms with E-state index in [4.69, 9.17) is 20.5 Å². The highest BCUT2D eigenvalue weighted by Crippen LogP contribution is 2.31. The predicted molar refractivity (Wildman–Crippen MR) is 139 cm³/mol. The average molecular weight is 579 g/mol. The van der Waals surface area contributed by atoms with E-state index in [0.29, 0.717) is 15.7 Å². The molecule has 4 rings (SSSR count). The van der Waals surface area contributed by atoms with Crippen LogP contribution in [0.3, 0.4) is 0 Å². The number of nitrogens with zero attached hydrogens (tertiary/aromatic N) is 2. The van der Waals surface area contributed by atoms with Gasteiger partial charge in [0, 0.05) is 20.4 Å². The number of aromatic nitrogens is 1. The molecule has 0 aliphatic heterocycles. The van der Waals surface area contributed by atoms with Gasteiger partial charge in [0.25, 0.3) is 0 Å². The van der Waals surface area contributed by atoms with Gasteiger partial charge >= 0.3 is 10.1 Å². The second kappa shape index (κ2) is 10.6. The first kappa shape index (κ1) is 24.2. The third-order valence-electron chi connectivity index (χ3n) is 4.51. The number of nitrogens with one attached hydrogen (secondary N) is 1. The van der Waals surface area contributed by atoms with E-state index in [1.807, 2.05) is 29.6 Å². The summed E-state index contributed by atoms with van der Waals surface area (Å²) >= 11 is 10.7. The lowest BCUT2D eigenvalue weighted by Crippen LogP contribution is -2.10. The van der Waals surface area contributed by atoms with Crippen LogP contribution < -0.4 is 14.3 Å². The Bertz CT molecular complexity index is 1420.